The van der Waals surface area contributed by atoms with Crippen molar-refractivity contribution in [2.24, 2.45) is 0 Å². The number of rotatable bonds is 2. The number of piperazine rings is 1. The molecule has 3 nitrogen and oxygen atoms in total. The van der Waals surface area contributed by atoms with E-state index in [0.717, 1.165) is 5.56 Å². The molecule has 1 atom stereocenters. The first-order valence-corrected chi connectivity index (χ1v) is 7.59. The van der Waals surface area contributed by atoms with E-state index in [1.165, 1.54) is 18.2 Å². The molecule has 2 aromatic rings. The Morgan fingerprint density at radius 1 is 1.22 bits per heavy atom. The molecule has 2 aromatic carbocycles. The number of amides is 1. The summed E-state index contributed by atoms with van der Waals surface area (Å²) in [6.45, 7) is 3.42. The molecule has 3 rings (SSSR count). The summed E-state index contributed by atoms with van der Waals surface area (Å²) in [5, 5.41) is 3.21. The summed E-state index contributed by atoms with van der Waals surface area (Å²) in [6.07, 6.45) is 0. The summed E-state index contributed by atoms with van der Waals surface area (Å²) in [4.78, 5) is 14.4. The molecule has 0 spiro atoms. The van der Waals surface area contributed by atoms with Crippen molar-refractivity contribution in [3.8, 4) is 0 Å². The molecule has 1 unspecified atom stereocenters. The van der Waals surface area contributed by atoms with Crippen molar-refractivity contribution < 1.29 is 13.6 Å². The van der Waals surface area contributed by atoms with E-state index >= 15 is 0 Å². The maximum atomic E-state index is 14.0. The zero-order valence-corrected chi connectivity index (χ0v) is 12.9. The zero-order chi connectivity index (χ0) is 16.4. The Bertz CT molecular complexity index is 733. The van der Waals surface area contributed by atoms with Crippen molar-refractivity contribution >= 4 is 5.91 Å². The van der Waals surface area contributed by atoms with Gasteiger partial charge in [0, 0.05) is 19.6 Å². The lowest BCUT2D eigenvalue weighted by Crippen LogP contribution is -2.48. The van der Waals surface area contributed by atoms with E-state index in [1.807, 2.05) is 6.92 Å². The van der Waals surface area contributed by atoms with Gasteiger partial charge in [0.05, 0.1) is 11.6 Å². The van der Waals surface area contributed by atoms with Crippen molar-refractivity contribution in [3.63, 3.8) is 0 Å². The maximum Gasteiger partial charge on any atom is 0.257 e. The monoisotopic (exact) mass is 316 g/mol. The van der Waals surface area contributed by atoms with Gasteiger partial charge in [-0.3, -0.25) is 4.79 Å². The Labute approximate surface area is 133 Å². The molecule has 1 N–H and O–H groups in total. The SMILES string of the molecule is Cc1ccc(F)c(C(=O)N2CCNCC2c2cccc(F)c2)c1. The minimum Gasteiger partial charge on any atom is -0.329 e. The van der Waals surface area contributed by atoms with Crippen LogP contribution in [0.2, 0.25) is 0 Å². The highest BCUT2D eigenvalue weighted by atomic mass is 19.1. The van der Waals surface area contributed by atoms with Crippen molar-refractivity contribution in [1.82, 2.24) is 10.2 Å². The third-order valence-electron chi connectivity index (χ3n) is 4.09. The van der Waals surface area contributed by atoms with Crippen LogP contribution < -0.4 is 5.32 Å². The maximum absolute atomic E-state index is 14.0. The number of hydrogen-bond donors (Lipinski definition) is 1. The Balaban J connectivity index is 1.95. The van der Waals surface area contributed by atoms with Gasteiger partial charge in [0.2, 0.25) is 0 Å². The van der Waals surface area contributed by atoms with Crippen LogP contribution in [-0.2, 0) is 0 Å². The lowest BCUT2D eigenvalue weighted by atomic mass is 10.0. The molecule has 120 valence electrons. The average Bonchev–Trinajstić information content (AvgIpc) is 2.56. The number of nitrogens with zero attached hydrogens (tertiary/aromatic N) is 1. The van der Waals surface area contributed by atoms with E-state index in [1.54, 1.807) is 29.2 Å². The predicted molar refractivity (Wildman–Crippen MR) is 84.2 cm³/mol. The molecule has 0 aromatic heterocycles. The van der Waals surface area contributed by atoms with E-state index in [-0.39, 0.29) is 23.3 Å². The highest BCUT2D eigenvalue weighted by Crippen LogP contribution is 2.25. The van der Waals surface area contributed by atoms with Gasteiger partial charge in [-0.2, -0.15) is 0 Å². The molecule has 23 heavy (non-hydrogen) atoms. The summed E-state index contributed by atoms with van der Waals surface area (Å²) in [5.41, 5.74) is 1.60. The standard InChI is InChI=1S/C18H18F2N2O/c1-12-5-6-16(20)15(9-12)18(23)22-8-7-21-11-17(22)13-3-2-4-14(19)10-13/h2-6,9-10,17,21H,7-8,11H2,1H3. The lowest BCUT2D eigenvalue weighted by Gasteiger charge is -2.36. The Hall–Kier alpha value is -2.27. The van der Waals surface area contributed by atoms with Crippen LogP contribution in [-0.4, -0.2) is 30.4 Å². The molecule has 0 saturated carbocycles. The lowest BCUT2D eigenvalue weighted by molar-refractivity contribution is 0.0629. The number of carbonyl (C=O) groups excluding carboxylic acids is 1. The van der Waals surface area contributed by atoms with E-state index in [0.29, 0.717) is 25.2 Å². The normalized spacial score (nSPS) is 18.0. The molecule has 1 amide bonds. The van der Waals surface area contributed by atoms with E-state index in [9.17, 15) is 13.6 Å². The highest BCUT2D eigenvalue weighted by Gasteiger charge is 2.30. The van der Waals surface area contributed by atoms with Gasteiger partial charge >= 0.3 is 0 Å². The van der Waals surface area contributed by atoms with E-state index in [2.05, 4.69) is 5.32 Å². The minimum absolute atomic E-state index is 0.0632. The second-order valence-corrected chi connectivity index (χ2v) is 5.76. The molecule has 1 aliphatic rings. The molecule has 5 heteroatoms. The number of aryl methyl sites for hydroxylation is 1. The quantitative estimate of drug-likeness (QED) is 0.923. The fraction of sp³-hybridized carbons (Fsp3) is 0.278. The first kappa shape index (κ1) is 15.6. The fourth-order valence-corrected chi connectivity index (χ4v) is 2.92. The highest BCUT2D eigenvalue weighted by molar-refractivity contribution is 5.95. The molecule has 1 fully saturated rings. The van der Waals surface area contributed by atoms with E-state index in [4.69, 9.17) is 0 Å². The number of carbonyl (C=O) groups is 1. The minimum atomic E-state index is -0.530. The van der Waals surface area contributed by atoms with Gasteiger partial charge in [-0.05, 0) is 36.8 Å². The molecular formula is C18H18F2N2O. The van der Waals surface area contributed by atoms with Crippen LogP contribution in [0.5, 0.6) is 0 Å². The van der Waals surface area contributed by atoms with Crippen molar-refractivity contribution in [3.05, 3.63) is 70.8 Å². The van der Waals surface area contributed by atoms with Crippen LogP contribution in [0.4, 0.5) is 8.78 Å². The third kappa shape index (κ3) is 3.24. The van der Waals surface area contributed by atoms with Crippen LogP contribution in [0.15, 0.2) is 42.5 Å². The smallest absolute Gasteiger partial charge is 0.257 e. The summed E-state index contributed by atoms with van der Waals surface area (Å²) in [6, 6.07) is 10.4. The van der Waals surface area contributed by atoms with Crippen LogP contribution in [0.1, 0.15) is 27.5 Å². The summed E-state index contributed by atoms with van der Waals surface area (Å²) < 4.78 is 27.6. The summed E-state index contributed by atoms with van der Waals surface area (Å²) in [7, 11) is 0. The number of hydrogen-bond acceptors (Lipinski definition) is 2. The topological polar surface area (TPSA) is 32.3 Å². The Morgan fingerprint density at radius 2 is 2.04 bits per heavy atom. The Morgan fingerprint density at radius 3 is 2.83 bits per heavy atom. The second-order valence-electron chi connectivity index (χ2n) is 5.76. The van der Waals surface area contributed by atoms with Gasteiger partial charge in [0.1, 0.15) is 11.6 Å². The van der Waals surface area contributed by atoms with Gasteiger partial charge in [-0.15, -0.1) is 0 Å². The summed E-state index contributed by atoms with van der Waals surface area (Å²) >= 11 is 0. The molecular weight excluding hydrogens is 298 g/mol. The van der Waals surface area contributed by atoms with Crippen LogP contribution >= 0.6 is 0 Å². The first-order chi connectivity index (χ1) is 11.1. The van der Waals surface area contributed by atoms with Gasteiger partial charge in [-0.25, -0.2) is 8.78 Å². The second kappa shape index (κ2) is 6.46. The molecule has 0 aliphatic carbocycles. The largest absolute Gasteiger partial charge is 0.329 e. The van der Waals surface area contributed by atoms with Crippen molar-refractivity contribution in [1.29, 1.82) is 0 Å². The van der Waals surface area contributed by atoms with Crippen molar-refractivity contribution in [2.75, 3.05) is 19.6 Å². The predicted octanol–water partition coefficient (Wildman–Crippen LogP) is 3.06. The average molecular weight is 316 g/mol. The molecule has 0 radical (unpaired) electrons. The van der Waals surface area contributed by atoms with Gasteiger partial charge in [0.25, 0.3) is 5.91 Å². The third-order valence-corrected chi connectivity index (χ3v) is 4.09. The summed E-state index contributed by atoms with van der Waals surface area (Å²) in [5.74, 6) is -1.23. The van der Waals surface area contributed by atoms with E-state index < -0.39 is 5.82 Å². The number of nitrogens with one attached hydrogen (secondary N) is 1. The number of halogens is 2. The van der Waals surface area contributed by atoms with Crippen molar-refractivity contribution in [2.45, 2.75) is 13.0 Å². The Kier molecular flexibility index (Phi) is 4.39. The van der Waals surface area contributed by atoms with Crippen LogP contribution in [0.3, 0.4) is 0 Å². The molecule has 0 bridgehead atoms. The molecule has 1 saturated heterocycles. The van der Waals surface area contributed by atoms with Gasteiger partial charge in [0.15, 0.2) is 0 Å². The van der Waals surface area contributed by atoms with Gasteiger partial charge < -0.3 is 10.2 Å². The van der Waals surface area contributed by atoms with Gasteiger partial charge in [-0.1, -0.05) is 23.8 Å². The van der Waals surface area contributed by atoms with Crippen LogP contribution in [0, 0.1) is 18.6 Å². The zero-order valence-electron chi connectivity index (χ0n) is 12.9. The number of benzene rings is 2. The van der Waals surface area contributed by atoms with Crippen LogP contribution in [0.25, 0.3) is 0 Å². The first-order valence-electron chi connectivity index (χ1n) is 7.59. The molecule has 1 aliphatic heterocycles. The molecule has 1 heterocycles. The fourth-order valence-electron chi connectivity index (χ4n) is 2.92.